The first kappa shape index (κ1) is 16.3. The van der Waals surface area contributed by atoms with Crippen LogP contribution in [-0.2, 0) is 11.3 Å². The van der Waals surface area contributed by atoms with Crippen molar-refractivity contribution in [3.63, 3.8) is 0 Å². The first-order chi connectivity index (χ1) is 11.6. The highest BCUT2D eigenvalue weighted by atomic mass is 35.5. The number of nitrogen functional groups attached to an aromatic ring is 1. The Labute approximate surface area is 145 Å². The molecule has 0 fully saturated rings. The van der Waals surface area contributed by atoms with Crippen LogP contribution in [0.3, 0.4) is 0 Å². The molecular formula is C15H12ClN3O4S. The van der Waals surface area contributed by atoms with Crippen LogP contribution in [0.1, 0.15) is 16.2 Å². The van der Waals surface area contributed by atoms with Crippen LogP contribution in [0.4, 0.5) is 5.69 Å². The van der Waals surface area contributed by atoms with E-state index in [1.165, 1.54) is 30.6 Å². The molecule has 0 radical (unpaired) electrons. The standard InChI is InChI=1S/C15H12ClN3O4S/c1-21-11-6-10(17)9(16)5-8(11)15(20)22-7-13-18-14(19-23-13)12-3-2-4-24-12/h2-6H,7,17H2,1H3. The zero-order chi connectivity index (χ0) is 17.1. The molecule has 0 atom stereocenters. The molecule has 2 N–H and O–H groups in total. The van der Waals surface area contributed by atoms with E-state index >= 15 is 0 Å². The third-order valence-corrected chi connectivity index (χ3v) is 4.27. The van der Waals surface area contributed by atoms with Gasteiger partial charge in [-0.2, -0.15) is 4.98 Å². The summed E-state index contributed by atoms with van der Waals surface area (Å²) in [5.41, 5.74) is 6.15. The lowest BCUT2D eigenvalue weighted by Gasteiger charge is -2.09. The summed E-state index contributed by atoms with van der Waals surface area (Å²) >= 11 is 7.42. The number of aromatic nitrogens is 2. The summed E-state index contributed by atoms with van der Waals surface area (Å²) in [7, 11) is 1.42. The van der Waals surface area contributed by atoms with Gasteiger partial charge >= 0.3 is 5.97 Å². The number of methoxy groups -OCH3 is 1. The first-order valence-electron chi connectivity index (χ1n) is 6.75. The smallest absolute Gasteiger partial charge is 0.342 e. The monoisotopic (exact) mass is 365 g/mol. The lowest BCUT2D eigenvalue weighted by molar-refractivity contribution is 0.0426. The quantitative estimate of drug-likeness (QED) is 0.546. The summed E-state index contributed by atoms with van der Waals surface area (Å²) in [6, 6.07) is 6.60. The van der Waals surface area contributed by atoms with Crippen LogP contribution in [0, 0.1) is 0 Å². The average molecular weight is 366 g/mol. The van der Waals surface area contributed by atoms with Crippen LogP contribution in [0.15, 0.2) is 34.2 Å². The van der Waals surface area contributed by atoms with Crippen molar-refractivity contribution in [1.29, 1.82) is 0 Å². The number of halogens is 1. The average Bonchev–Trinajstić information content (AvgIpc) is 3.25. The van der Waals surface area contributed by atoms with Gasteiger partial charge in [-0.1, -0.05) is 22.8 Å². The predicted octanol–water partition coefficient (Wildman–Crippen LogP) is 3.40. The largest absolute Gasteiger partial charge is 0.496 e. The third kappa shape index (κ3) is 3.34. The Morgan fingerprint density at radius 2 is 2.29 bits per heavy atom. The van der Waals surface area contributed by atoms with Crippen molar-refractivity contribution in [2.45, 2.75) is 6.61 Å². The summed E-state index contributed by atoms with van der Waals surface area (Å²) < 4.78 is 15.4. The fourth-order valence-corrected chi connectivity index (χ4v) is 2.73. The third-order valence-electron chi connectivity index (χ3n) is 3.08. The molecular weight excluding hydrogens is 354 g/mol. The maximum Gasteiger partial charge on any atom is 0.342 e. The Balaban J connectivity index is 1.71. The van der Waals surface area contributed by atoms with E-state index < -0.39 is 5.97 Å². The van der Waals surface area contributed by atoms with Crippen LogP contribution in [0.5, 0.6) is 5.75 Å². The maximum absolute atomic E-state index is 12.2. The number of hydrogen-bond donors (Lipinski definition) is 1. The van der Waals surface area contributed by atoms with Crippen LogP contribution >= 0.6 is 22.9 Å². The van der Waals surface area contributed by atoms with E-state index in [0.717, 1.165) is 4.88 Å². The molecule has 1 aromatic carbocycles. The van der Waals surface area contributed by atoms with Gasteiger partial charge in [0.2, 0.25) is 5.82 Å². The number of ether oxygens (including phenoxy) is 2. The van der Waals surface area contributed by atoms with E-state index in [9.17, 15) is 4.79 Å². The second-order valence-corrected chi connectivity index (χ2v) is 5.99. The zero-order valence-corrected chi connectivity index (χ0v) is 14.1. The first-order valence-corrected chi connectivity index (χ1v) is 8.01. The van der Waals surface area contributed by atoms with Crippen molar-refractivity contribution in [2.75, 3.05) is 12.8 Å². The zero-order valence-electron chi connectivity index (χ0n) is 12.5. The molecule has 24 heavy (non-hydrogen) atoms. The Morgan fingerprint density at radius 3 is 3.00 bits per heavy atom. The topological polar surface area (TPSA) is 100 Å². The van der Waals surface area contributed by atoms with Gasteiger partial charge < -0.3 is 19.7 Å². The SMILES string of the molecule is COc1cc(N)c(Cl)cc1C(=O)OCc1nc(-c2cccs2)no1. The Hall–Kier alpha value is -2.58. The summed E-state index contributed by atoms with van der Waals surface area (Å²) in [6.45, 7) is -0.164. The van der Waals surface area contributed by atoms with Crippen LogP contribution in [0.2, 0.25) is 5.02 Å². The van der Waals surface area contributed by atoms with E-state index in [1.807, 2.05) is 17.5 Å². The minimum Gasteiger partial charge on any atom is -0.496 e. The van der Waals surface area contributed by atoms with Crippen molar-refractivity contribution in [3.05, 3.63) is 46.1 Å². The fraction of sp³-hybridized carbons (Fsp3) is 0.133. The molecule has 7 nitrogen and oxygen atoms in total. The summed E-state index contributed by atoms with van der Waals surface area (Å²) in [5, 5.41) is 5.98. The molecule has 124 valence electrons. The summed E-state index contributed by atoms with van der Waals surface area (Å²) in [4.78, 5) is 17.2. The normalized spacial score (nSPS) is 10.6. The number of nitrogens with zero attached hydrogens (tertiary/aromatic N) is 2. The number of rotatable bonds is 5. The summed E-state index contributed by atoms with van der Waals surface area (Å²) in [5.74, 6) is 0.271. The number of anilines is 1. The van der Waals surface area contributed by atoms with E-state index in [4.69, 9.17) is 31.3 Å². The number of esters is 1. The number of nitrogens with two attached hydrogens (primary N) is 1. The number of thiophene rings is 1. The number of carbonyl (C=O) groups is 1. The van der Waals surface area contributed by atoms with Gasteiger partial charge in [0, 0.05) is 6.07 Å². The lowest BCUT2D eigenvalue weighted by Crippen LogP contribution is -2.08. The van der Waals surface area contributed by atoms with E-state index in [0.29, 0.717) is 11.5 Å². The predicted molar refractivity (Wildman–Crippen MR) is 89.1 cm³/mol. The lowest BCUT2D eigenvalue weighted by atomic mass is 10.2. The second kappa shape index (κ2) is 6.90. The molecule has 0 saturated carbocycles. The molecule has 0 spiro atoms. The Bertz CT molecular complexity index is 864. The van der Waals surface area contributed by atoms with Crippen LogP contribution in [-0.4, -0.2) is 23.2 Å². The molecule has 9 heteroatoms. The second-order valence-electron chi connectivity index (χ2n) is 4.64. The van der Waals surface area contributed by atoms with Gasteiger partial charge in [0.1, 0.15) is 11.3 Å². The number of carbonyl (C=O) groups excluding carboxylic acids is 1. The molecule has 3 rings (SSSR count). The van der Waals surface area contributed by atoms with Gasteiger partial charge in [0.25, 0.3) is 5.89 Å². The molecule has 0 saturated heterocycles. The highest BCUT2D eigenvalue weighted by molar-refractivity contribution is 7.13. The van der Waals surface area contributed by atoms with Crippen molar-refractivity contribution < 1.29 is 18.8 Å². The van der Waals surface area contributed by atoms with E-state index in [1.54, 1.807) is 0 Å². The van der Waals surface area contributed by atoms with E-state index in [-0.39, 0.29) is 28.8 Å². The molecule has 2 aromatic heterocycles. The van der Waals surface area contributed by atoms with Crippen molar-refractivity contribution in [3.8, 4) is 16.5 Å². The Morgan fingerprint density at radius 1 is 1.46 bits per heavy atom. The van der Waals surface area contributed by atoms with Gasteiger partial charge in [-0.05, 0) is 17.5 Å². The molecule has 3 aromatic rings. The molecule has 0 aliphatic rings. The highest BCUT2D eigenvalue weighted by Crippen LogP contribution is 2.29. The molecule has 0 aliphatic carbocycles. The minimum atomic E-state index is -0.635. The minimum absolute atomic E-state index is 0.162. The van der Waals surface area contributed by atoms with E-state index in [2.05, 4.69) is 10.1 Å². The maximum atomic E-state index is 12.2. The molecule has 0 bridgehead atoms. The Kier molecular flexibility index (Phi) is 4.68. The molecule has 0 amide bonds. The van der Waals surface area contributed by atoms with Gasteiger partial charge in [-0.25, -0.2) is 4.79 Å². The van der Waals surface area contributed by atoms with Crippen LogP contribution < -0.4 is 10.5 Å². The van der Waals surface area contributed by atoms with Crippen molar-refractivity contribution in [2.24, 2.45) is 0 Å². The summed E-state index contributed by atoms with van der Waals surface area (Å²) in [6.07, 6.45) is 0. The molecule has 0 unspecified atom stereocenters. The van der Waals surface area contributed by atoms with Gasteiger partial charge in [0.05, 0.1) is 22.7 Å². The van der Waals surface area contributed by atoms with Gasteiger partial charge in [-0.15, -0.1) is 11.3 Å². The van der Waals surface area contributed by atoms with Crippen molar-refractivity contribution in [1.82, 2.24) is 10.1 Å². The molecule has 0 aliphatic heterocycles. The number of benzene rings is 1. The van der Waals surface area contributed by atoms with Gasteiger partial charge in [-0.3, -0.25) is 0 Å². The van der Waals surface area contributed by atoms with Gasteiger partial charge in [0.15, 0.2) is 6.61 Å². The van der Waals surface area contributed by atoms with Crippen LogP contribution in [0.25, 0.3) is 10.7 Å². The number of hydrogen-bond acceptors (Lipinski definition) is 8. The fourth-order valence-electron chi connectivity index (χ4n) is 1.92. The highest BCUT2D eigenvalue weighted by Gasteiger charge is 2.18. The molecule has 2 heterocycles. The van der Waals surface area contributed by atoms with Crippen molar-refractivity contribution >= 4 is 34.6 Å².